The molecule has 25 heavy (non-hydrogen) atoms. The van der Waals surface area contributed by atoms with E-state index in [0.29, 0.717) is 38.1 Å². The van der Waals surface area contributed by atoms with Gasteiger partial charge >= 0.3 is 12.1 Å². The summed E-state index contributed by atoms with van der Waals surface area (Å²) in [5.41, 5.74) is -0.327. The fourth-order valence-electron chi connectivity index (χ4n) is 3.57. The first-order valence-corrected chi connectivity index (χ1v) is 8.68. The first-order valence-electron chi connectivity index (χ1n) is 8.68. The molecule has 0 saturated carbocycles. The Kier molecular flexibility index (Phi) is 4.39. The summed E-state index contributed by atoms with van der Waals surface area (Å²) < 4.78 is 11.6. The van der Waals surface area contributed by atoms with Gasteiger partial charge in [0.2, 0.25) is 0 Å². The van der Waals surface area contributed by atoms with E-state index in [-0.39, 0.29) is 6.09 Å². The fourth-order valence-corrected chi connectivity index (χ4v) is 3.57. The molecule has 0 aromatic heterocycles. The van der Waals surface area contributed by atoms with Crippen molar-refractivity contribution < 1.29 is 24.2 Å². The van der Waals surface area contributed by atoms with Crippen LogP contribution in [-0.2, 0) is 9.53 Å². The molecule has 6 heteroatoms. The minimum atomic E-state index is -0.829. The lowest BCUT2D eigenvalue weighted by Crippen LogP contribution is -2.53. The second-order valence-electron chi connectivity index (χ2n) is 7.89. The van der Waals surface area contributed by atoms with Crippen LogP contribution in [0, 0.1) is 0 Å². The van der Waals surface area contributed by atoms with E-state index in [9.17, 15) is 14.7 Å². The minimum Gasteiger partial charge on any atom is -0.487 e. The standard InChI is InChI=1S/C19H25NO5/c1-18(2,3)25-17(23)20-10-8-19(9-11-20)12-14(16(21)22)13-6-4-5-7-15(13)24-19/h4-7,14H,8-12H2,1-3H3,(H,21,22)/t14-/m0/s1. The zero-order valence-corrected chi connectivity index (χ0v) is 14.9. The van der Waals surface area contributed by atoms with Gasteiger partial charge in [-0.05, 0) is 26.8 Å². The van der Waals surface area contributed by atoms with E-state index in [1.54, 1.807) is 4.90 Å². The van der Waals surface area contributed by atoms with Gasteiger partial charge in [-0.15, -0.1) is 0 Å². The molecule has 1 atom stereocenters. The van der Waals surface area contributed by atoms with Crippen LogP contribution in [0.25, 0.3) is 0 Å². The maximum atomic E-state index is 12.2. The van der Waals surface area contributed by atoms with Crippen LogP contribution in [0.4, 0.5) is 4.79 Å². The van der Waals surface area contributed by atoms with Gasteiger partial charge in [-0.1, -0.05) is 18.2 Å². The van der Waals surface area contributed by atoms with Gasteiger partial charge < -0.3 is 19.5 Å². The van der Waals surface area contributed by atoms with Crippen molar-refractivity contribution in [2.75, 3.05) is 13.1 Å². The van der Waals surface area contributed by atoms with Crippen LogP contribution < -0.4 is 4.74 Å². The Morgan fingerprint density at radius 3 is 2.48 bits per heavy atom. The Balaban J connectivity index is 1.73. The molecule has 1 spiro atoms. The molecule has 3 rings (SSSR count). The summed E-state index contributed by atoms with van der Waals surface area (Å²) in [5.74, 6) is -0.755. The number of carbonyl (C=O) groups is 2. The average molecular weight is 347 g/mol. The van der Waals surface area contributed by atoms with E-state index < -0.39 is 23.1 Å². The summed E-state index contributed by atoms with van der Waals surface area (Å²) in [7, 11) is 0. The van der Waals surface area contributed by atoms with E-state index in [1.165, 1.54) is 0 Å². The summed E-state index contributed by atoms with van der Waals surface area (Å²) in [6.07, 6.45) is 1.31. The van der Waals surface area contributed by atoms with Gasteiger partial charge in [0, 0.05) is 37.9 Å². The monoisotopic (exact) mass is 347 g/mol. The number of benzene rings is 1. The number of rotatable bonds is 1. The number of ether oxygens (including phenoxy) is 2. The highest BCUT2D eigenvalue weighted by Gasteiger charge is 2.46. The topological polar surface area (TPSA) is 76.1 Å². The van der Waals surface area contributed by atoms with Crippen LogP contribution in [-0.4, -0.2) is 46.4 Å². The molecule has 1 aromatic carbocycles. The Hall–Kier alpha value is -2.24. The quantitative estimate of drug-likeness (QED) is 0.842. The number of carbonyl (C=O) groups excluding carboxylic acids is 1. The molecule has 1 fully saturated rings. The molecule has 0 bridgehead atoms. The highest BCUT2D eigenvalue weighted by atomic mass is 16.6. The first kappa shape index (κ1) is 17.6. The summed E-state index contributed by atoms with van der Waals surface area (Å²) in [4.78, 5) is 25.6. The van der Waals surface area contributed by atoms with Crippen molar-refractivity contribution in [1.82, 2.24) is 4.90 Å². The average Bonchev–Trinajstić information content (AvgIpc) is 2.53. The summed E-state index contributed by atoms with van der Waals surface area (Å²) >= 11 is 0. The van der Waals surface area contributed by atoms with E-state index in [0.717, 1.165) is 5.56 Å². The Morgan fingerprint density at radius 2 is 1.88 bits per heavy atom. The van der Waals surface area contributed by atoms with Crippen molar-refractivity contribution in [2.24, 2.45) is 0 Å². The second kappa shape index (κ2) is 6.24. The highest BCUT2D eigenvalue weighted by Crippen LogP contribution is 2.45. The predicted molar refractivity (Wildman–Crippen MR) is 91.8 cm³/mol. The number of carboxylic acids is 1. The smallest absolute Gasteiger partial charge is 0.410 e. The summed E-state index contributed by atoms with van der Waals surface area (Å²) in [6, 6.07) is 7.33. The lowest BCUT2D eigenvalue weighted by Gasteiger charge is -2.46. The number of nitrogens with zero attached hydrogens (tertiary/aromatic N) is 1. The largest absolute Gasteiger partial charge is 0.487 e. The van der Waals surface area contributed by atoms with E-state index in [4.69, 9.17) is 9.47 Å². The number of hydrogen-bond acceptors (Lipinski definition) is 4. The molecular weight excluding hydrogens is 322 g/mol. The third kappa shape index (κ3) is 3.72. The van der Waals surface area contributed by atoms with E-state index in [2.05, 4.69) is 0 Å². The number of likely N-dealkylation sites (tertiary alicyclic amines) is 1. The number of fused-ring (bicyclic) bond motifs is 1. The van der Waals surface area contributed by atoms with Crippen LogP contribution in [0.2, 0.25) is 0 Å². The molecule has 1 saturated heterocycles. The van der Waals surface area contributed by atoms with Crippen molar-refractivity contribution in [3.05, 3.63) is 29.8 Å². The van der Waals surface area contributed by atoms with Crippen molar-refractivity contribution in [1.29, 1.82) is 0 Å². The third-order valence-corrected chi connectivity index (χ3v) is 4.82. The molecule has 1 amide bonds. The Labute approximate surface area is 147 Å². The van der Waals surface area contributed by atoms with Gasteiger partial charge in [-0.2, -0.15) is 0 Å². The number of carboxylic acid groups (broad SMARTS) is 1. The molecule has 1 aromatic rings. The summed E-state index contributed by atoms with van der Waals surface area (Å²) in [5, 5.41) is 9.63. The molecule has 6 nitrogen and oxygen atoms in total. The van der Waals surface area contributed by atoms with Gasteiger partial charge in [0.25, 0.3) is 0 Å². The zero-order valence-electron chi connectivity index (χ0n) is 14.9. The molecule has 0 radical (unpaired) electrons. The van der Waals surface area contributed by atoms with Crippen LogP contribution >= 0.6 is 0 Å². The van der Waals surface area contributed by atoms with Crippen LogP contribution in [0.3, 0.4) is 0 Å². The second-order valence-corrected chi connectivity index (χ2v) is 7.89. The Bertz CT molecular complexity index is 671. The zero-order chi connectivity index (χ0) is 18.2. The number of amides is 1. The van der Waals surface area contributed by atoms with Crippen molar-refractivity contribution in [3.8, 4) is 5.75 Å². The van der Waals surface area contributed by atoms with Crippen molar-refractivity contribution in [2.45, 2.75) is 57.2 Å². The van der Waals surface area contributed by atoms with E-state index in [1.807, 2.05) is 45.0 Å². The van der Waals surface area contributed by atoms with Crippen molar-refractivity contribution in [3.63, 3.8) is 0 Å². The number of piperidine rings is 1. The first-order chi connectivity index (χ1) is 11.7. The highest BCUT2D eigenvalue weighted by molar-refractivity contribution is 5.78. The van der Waals surface area contributed by atoms with Gasteiger partial charge in [0.15, 0.2) is 0 Å². The fraction of sp³-hybridized carbons (Fsp3) is 0.579. The van der Waals surface area contributed by atoms with Crippen LogP contribution in [0.5, 0.6) is 5.75 Å². The van der Waals surface area contributed by atoms with Crippen molar-refractivity contribution >= 4 is 12.1 Å². The maximum absolute atomic E-state index is 12.2. The van der Waals surface area contributed by atoms with Gasteiger partial charge in [-0.25, -0.2) is 4.79 Å². The number of para-hydroxylation sites is 1. The maximum Gasteiger partial charge on any atom is 0.410 e. The summed E-state index contributed by atoms with van der Waals surface area (Å²) in [6.45, 7) is 6.53. The lowest BCUT2D eigenvalue weighted by molar-refractivity contribution is -0.142. The molecule has 2 aliphatic heterocycles. The van der Waals surface area contributed by atoms with Crippen LogP contribution in [0.15, 0.2) is 24.3 Å². The number of hydrogen-bond donors (Lipinski definition) is 1. The van der Waals surface area contributed by atoms with E-state index >= 15 is 0 Å². The molecule has 0 unspecified atom stereocenters. The minimum absolute atomic E-state index is 0.326. The molecule has 136 valence electrons. The normalized spacial score (nSPS) is 22.0. The Morgan fingerprint density at radius 1 is 1.24 bits per heavy atom. The SMILES string of the molecule is CC(C)(C)OC(=O)N1CCC2(CC1)C[C@H](C(=O)O)c1ccccc1O2. The number of aliphatic carboxylic acids is 1. The lowest BCUT2D eigenvalue weighted by atomic mass is 9.77. The third-order valence-electron chi connectivity index (χ3n) is 4.82. The van der Waals surface area contributed by atoms with Gasteiger partial charge in [-0.3, -0.25) is 4.79 Å². The molecular formula is C19H25NO5. The molecule has 2 heterocycles. The predicted octanol–water partition coefficient (Wildman–Crippen LogP) is 3.41. The molecule has 1 N–H and O–H groups in total. The van der Waals surface area contributed by atoms with Gasteiger partial charge in [0.05, 0.1) is 5.92 Å². The molecule has 2 aliphatic rings. The van der Waals surface area contributed by atoms with Gasteiger partial charge in [0.1, 0.15) is 17.0 Å². The molecule has 0 aliphatic carbocycles. The van der Waals surface area contributed by atoms with Crippen LogP contribution in [0.1, 0.15) is 51.5 Å².